The van der Waals surface area contributed by atoms with Crippen LogP contribution in [0.5, 0.6) is 0 Å². The van der Waals surface area contributed by atoms with E-state index < -0.39 is 11.9 Å². The average Bonchev–Trinajstić information content (AvgIpc) is 2.38. The van der Waals surface area contributed by atoms with Crippen LogP contribution in [-0.4, -0.2) is 26.2 Å². The molecule has 1 saturated carbocycles. The van der Waals surface area contributed by atoms with Crippen molar-refractivity contribution in [3.05, 3.63) is 11.1 Å². The summed E-state index contributed by atoms with van der Waals surface area (Å²) in [5, 5.41) is 0. The van der Waals surface area contributed by atoms with E-state index in [0.717, 1.165) is 31.3 Å². The lowest BCUT2D eigenvalue weighted by Crippen LogP contribution is -2.23. The highest BCUT2D eigenvalue weighted by Crippen LogP contribution is 2.30. The first-order valence-electron chi connectivity index (χ1n) is 5.99. The number of hydrogen-bond donors (Lipinski definition) is 0. The highest BCUT2D eigenvalue weighted by Gasteiger charge is 2.28. The maximum atomic E-state index is 11.8. The lowest BCUT2D eigenvalue weighted by atomic mass is 9.86. The van der Waals surface area contributed by atoms with Crippen LogP contribution in [0.25, 0.3) is 0 Å². The van der Waals surface area contributed by atoms with E-state index in [4.69, 9.17) is 9.47 Å². The number of hydrogen-bond acceptors (Lipinski definition) is 4. The van der Waals surface area contributed by atoms with Crippen LogP contribution in [0.2, 0.25) is 0 Å². The van der Waals surface area contributed by atoms with Gasteiger partial charge in [0, 0.05) is 0 Å². The molecule has 96 valence electrons. The van der Waals surface area contributed by atoms with Gasteiger partial charge in [0.15, 0.2) is 0 Å². The van der Waals surface area contributed by atoms with Gasteiger partial charge < -0.3 is 9.47 Å². The van der Waals surface area contributed by atoms with Crippen molar-refractivity contribution in [3.8, 4) is 0 Å². The molecule has 4 nitrogen and oxygen atoms in total. The Labute approximate surface area is 102 Å². The Morgan fingerprint density at radius 1 is 1.06 bits per heavy atom. The summed E-state index contributed by atoms with van der Waals surface area (Å²) in [7, 11) is 2.68. The maximum absolute atomic E-state index is 11.8. The third-order valence-corrected chi connectivity index (χ3v) is 3.23. The zero-order valence-corrected chi connectivity index (χ0v) is 10.7. The summed E-state index contributed by atoms with van der Waals surface area (Å²) >= 11 is 0. The second-order valence-electron chi connectivity index (χ2n) is 4.31. The molecule has 17 heavy (non-hydrogen) atoms. The minimum Gasteiger partial charge on any atom is -0.469 e. The van der Waals surface area contributed by atoms with Crippen molar-refractivity contribution >= 4 is 11.9 Å². The van der Waals surface area contributed by atoms with Gasteiger partial charge in [-0.05, 0) is 32.6 Å². The number of esters is 2. The Hall–Kier alpha value is -1.32. The van der Waals surface area contributed by atoms with Gasteiger partial charge >= 0.3 is 11.9 Å². The monoisotopic (exact) mass is 240 g/mol. The predicted molar refractivity (Wildman–Crippen MR) is 63.3 cm³/mol. The zero-order valence-electron chi connectivity index (χ0n) is 10.7. The number of rotatable bonds is 3. The summed E-state index contributed by atoms with van der Waals surface area (Å²) in [6.07, 6.45) is 5.09. The van der Waals surface area contributed by atoms with E-state index in [9.17, 15) is 9.59 Å². The summed E-state index contributed by atoms with van der Waals surface area (Å²) < 4.78 is 9.47. The largest absolute Gasteiger partial charge is 0.469 e. The maximum Gasteiger partial charge on any atom is 0.334 e. The quantitative estimate of drug-likeness (QED) is 0.560. The Morgan fingerprint density at radius 2 is 1.65 bits per heavy atom. The number of methoxy groups -OCH3 is 2. The molecule has 1 atom stereocenters. The smallest absolute Gasteiger partial charge is 0.334 e. The molecule has 0 amide bonds. The second-order valence-corrected chi connectivity index (χ2v) is 4.31. The molecule has 0 N–H and O–H groups in total. The molecule has 1 unspecified atom stereocenters. The molecule has 0 aliphatic heterocycles. The molecule has 0 bridgehead atoms. The van der Waals surface area contributed by atoms with E-state index in [-0.39, 0.29) is 5.97 Å². The number of allylic oxidation sites excluding steroid dienone is 1. The molecule has 4 heteroatoms. The van der Waals surface area contributed by atoms with Gasteiger partial charge in [0.05, 0.1) is 25.7 Å². The number of ether oxygens (including phenoxy) is 2. The lowest BCUT2D eigenvalue weighted by molar-refractivity contribution is -0.147. The number of carbonyl (C=O) groups is 2. The molecule has 0 spiro atoms. The Balaban J connectivity index is 3.01. The third-order valence-electron chi connectivity index (χ3n) is 3.23. The van der Waals surface area contributed by atoms with Crippen molar-refractivity contribution in [1.82, 2.24) is 0 Å². The fourth-order valence-corrected chi connectivity index (χ4v) is 2.28. The van der Waals surface area contributed by atoms with E-state index >= 15 is 0 Å². The fraction of sp³-hybridized carbons (Fsp3) is 0.692. The van der Waals surface area contributed by atoms with Crippen molar-refractivity contribution in [2.24, 2.45) is 5.92 Å². The minimum atomic E-state index is -0.541. The molecule has 1 aliphatic rings. The van der Waals surface area contributed by atoms with Gasteiger partial charge in [-0.3, -0.25) is 4.79 Å². The predicted octanol–water partition coefficient (Wildman–Crippen LogP) is 2.23. The molecule has 0 heterocycles. The van der Waals surface area contributed by atoms with Crippen molar-refractivity contribution in [2.75, 3.05) is 14.2 Å². The molecule has 0 aromatic rings. The van der Waals surface area contributed by atoms with Crippen LogP contribution < -0.4 is 0 Å². The SMILES string of the molecule is COC(=O)C(=C1CCCCC1)C(C)C(=O)OC. The van der Waals surface area contributed by atoms with Crippen molar-refractivity contribution in [2.45, 2.75) is 39.0 Å². The van der Waals surface area contributed by atoms with Crippen LogP contribution in [0.3, 0.4) is 0 Å². The molecule has 0 saturated heterocycles. The van der Waals surface area contributed by atoms with Gasteiger partial charge in [-0.1, -0.05) is 12.0 Å². The molecule has 1 aliphatic carbocycles. The zero-order chi connectivity index (χ0) is 12.8. The van der Waals surface area contributed by atoms with Gasteiger partial charge in [0.1, 0.15) is 0 Å². The third kappa shape index (κ3) is 3.32. The Bertz CT molecular complexity index is 322. The molecule has 1 fully saturated rings. The van der Waals surface area contributed by atoms with Crippen LogP contribution >= 0.6 is 0 Å². The summed E-state index contributed by atoms with van der Waals surface area (Å²) in [6, 6.07) is 0. The highest BCUT2D eigenvalue weighted by molar-refractivity contribution is 5.96. The van der Waals surface area contributed by atoms with E-state index in [1.54, 1.807) is 6.92 Å². The molecular weight excluding hydrogens is 220 g/mol. The van der Waals surface area contributed by atoms with Crippen LogP contribution in [0.1, 0.15) is 39.0 Å². The standard InChI is InChI=1S/C13H20O4/c1-9(12(14)16-2)11(13(15)17-3)10-7-5-4-6-8-10/h9H,4-8H2,1-3H3. The minimum absolute atomic E-state index is 0.386. The van der Waals surface area contributed by atoms with Crippen molar-refractivity contribution in [3.63, 3.8) is 0 Å². The topological polar surface area (TPSA) is 52.6 Å². The first kappa shape index (κ1) is 13.7. The highest BCUT2D eigenvalue weighted by atomic mass is 16.5. The Morgan fingerprint density at radius 3 is 2.12 bits per heavy atom. The fourth-order valence-electron chi connectivity index (χ4n) is 2.28. The summed E-state index contributed by atoms with van der Waals surface area (Å²) in [4.78, 5) is 23.3. The van der Waals surface area contributed by atoms with Crippen molar-refractivity contribution < 1.29 is 19.1 Å². The van der Waals surface area contributed by atoms with Gasteiger partial charge in [0.2, 0.25) is 0 Å². The van der Waals surface area contributed by atoms with Gasteiger partial charge in [-0.25, -0.2) is 4.79 Å². The summed E-state index contributed by atoms with van der Waals surface area (Å²) in [6.45, 7) is 1.69. The van der Waals surface area contributed by atoms with Crippen LogP contribution in [0.15, 0.2) is 11.1 Å². The number of carbonyl (C=O) groups excluding carboxylic acids is 2. The van der Waals surface area contributed by atoms with Crippen LogP contribution in [-0.2, 0) is 19.1 Å². The lowest BCUT2D eigenvalue weighted by Gasteiger charge is -2.21. The van der Waals surface area contributed by atoms with Gasteiger partial charge in [0.25, 0.3) is 0 Å². The van der Waals surface area contributed by atoms with Crippen LogP contribution in [0, 0.1) is 5.92 Å². The van der Waals surface area contributed by atoms with E-state index in [2.05, 4.69) is 0 Å². The van der Waals surface area contributed by atoms with Crippen molar-refractivity contribution in [1.29, 1.82) is 0 Å². The summed E-state index contributed by atoms with van der Waals surface area (Å²) in [5.41, 5.74) is 1.56. The second kappa shape index (κ2) is 6.42. The molecule has 0 radical (unpaired) electrons. The van der Waals surface area contributed by atoms with E-state index in [1.165, 1.54) is 20.6 Å². The average molecular weight is 240 g/mol. The first-order valence-corrected chi connectivity index (χ1v) is 5.99. The van der Waals surface area contributed by atoms with E-state index in [1.807, 2.05) is 0 Å². The van der Waals surface area contributed by atoms with Gasteiger partial charge in [-0.2, -0.15) is 0 Å². The Kier molecular flexibility index (Phi) is 5.19. The van der Waals surface area contributed by atoms with E-state index in [0.29, 0.717) is 5.57 Å². The van der Waals surface area contributed by atoms with Crippen LogP contribution in [0.4, 0.5) is 0 Å². The van der Waals surface area contributed by atoms with Gasteiger partial charge in [-0.15, -0.1) is 0 Å². The normalized spacial score (nSPS) is 17.2. The molecular formula is C13H20O4. The molecule has 0 aromatic heterocycles. The first-order chi connectivity index (χ1) is 8.11. The molecule has 1 rings (SSSR count). The summed E-state index contributed by atoms with van der Waals surface area (Å²) in [5.74, 6) is -1.33. The molecule has 0 aromatic carbocycles.